The zero-order valence-electron chi connectivity index (χ0n) is 17.6. The van der Waals surface area contributed by atoms with Crippen LogP contribution in [0, 0.1) is 0 Å². The van der Waals surface area contributed by atoms with Crippen LogP contribution in [0.3, 0.4) is 0 Å². The molecule has 0 saturated carbocycles. The van der Waals surface area contributed by atoms with Gasteiger partial charge >= 0.3 is 0 Å². The molecule has 31 heavy (non-hydrogen) atoms. The Balaban J connectivity index is 1.19. The fourth-order valence-corrected chi connectivity index (χ4v) is 5.22. The van der Waals surface area contributed by atoms with Gasteiger partial charge in [0.05, 0.1) is 6.42 Å². The number of hydrogen-bond acceptors (Lipinski definition) is 6. The molecule has 1 aromatic carbocycles. The number of piperidine rings is 2. The average molecular weight is 418 g/mol. The molecule has 0 bridgehead atoms. The number of carbonyl (C=O) groups excluding carboxylic acids is 1. The molecule has 2 aromatic heterocycles. The van der Waals surface area contributed by atoms with Gasteiger partial charge in [-0.2, -0.15) is 4.98 Å². The van der Waals surface area contributed by atoms with Gasteiger partial charge in [-0.15, -0.1) is 0 Å². The highest BCUT2D eigenvalue weighted by molar-refractivity contribution is 5.99. The van der Waals surface area contributed by atoms with E-state index >= 15 is 0 Å². The number of aromatic nitrogens is 2. The van der Waals surface area contributed by atoms with Crippen LogP contribution >= 0.6 is 0 Å². The van der Waals surface area contributed by atoms with E-state index < -0.39 is 0 Å². The largest absolute Gasteiger partial charge is 0.422 e. The smallest absolute Gasteiger partial charge is 0.299 e. The molecule has 7 nitrogen and oxygen atoms in total. The second kappa shape index (κ2) is 7.64. The van der Waals surface area contributed by atoms with E-state index in [2.05, 4.69) is 31.2 Å². The Hall–Kier alpha value is -2.93. The van der Waals surface area contributed by atoms with Gasteiger partial charge in [0.25, 0.3) is 6.01 Å². The van der Waals surface area contributed by atoms with Gasteiger partial charge in [0.15, 0.2) is 5.58 Å². The van der Waals surface area contributed by atoms with E-state index in [1.54, 1.807) is 0 Å². The van der Waals surface area contributed by atoms with Crippen molar-refractivity contribution >= 4 is 28.8 Å². The van der Waals surface area contributed by atoms with Gasteiger partial charge in [0, 0.05) is 36.6 Å². The molecule has 0 radical (unpaired) electrons. The molecule has 7 heteroatoms. The fraction of sp³-hybridized carbons (Fsp3) is 0.458. The Labute approximate surface area is 181 Å². The highest BCUT2D eigenvalue weighted by Gasteiger charge is 2.27. The van der Waals surface area contributed by atoms with E-state index in [1.807, 2.05) is 24.4 Å². The minimum atomic E-state index is 0.0460. The first-order valence-electron chi connectivity index (χ1n) is 11.4. The minimum absolute atomic E-state index is 0.0460. The van der Waals surface area contributed by atoms with Crippen LogP contribution in [-0.4, -0.2) is 53.0 Å². The number of hydrogen-bond donors (Lipinski definition) is 1. The summed E-state index contributed by atoms with van der Waals surface area (Å²) in [5.74, 6) is 0.0460. The second-order valence-electron chi connectivity index (χ2n) is 8.95. The summed E-state index contributed by atoms with van der Waals surface area (Å²) in [6.07, 6.45) is 8.67. The maximum atomic E-state index is 11.6. The molecule has 2 saturated heterocycles. The van der Waals surface area contributed by atoms with Gasteiger partial charge in [0.2, 0.25) is 11.6 Å². The van der Waals surface area contributed by atoms with Crippen molar-refractivity contribution in [3.05, 3.63) is 36.0 Å². The standard InChI is InChI=1S/C24H27N5O2/c30-22-14-17-12-16(4-5-20(17)26-22)18-13-21-23(25-15-18)27-24(31-21)29-10-6-19(7-11-29)28-8-2-1-3-9-28/h4-5,12-13,15,19H,1-3,6-11,14H2,(H,26,30). The van der Waals surface area contributed by atoms with E-state index in [0.29, 0.717) is 29.7 Å². The summed E-state index contributed by atoms with van der Waals surface area (Å²) in [7, 11) is 0. The van der Waals surface area contributed by atoms with E-state index in [9.17, 15) is 4.79 Å². The maximum absolute atomic E-state index is 11.6. The van der Waals surface area contributed by atoms with Gasteiger partial charge in [-0.05, 0) is 68.1 Å². The topological polar surface area (TPSA) is 74.5 Å². The molecule has 6 rings (SSSR count). The highest BCUT2D eigenvalue weighted by atomic mass is 16.4. The Morgan fingerprint density at radius 3 is 2.68 bits per heavy atom. The molecule has 1 amide bonds. The van der Waals surface area contributed by atoms with Crippen molar-refractivity contribution in [3.8, 4) is 11.1 Å². The molecule has 0 atom stereocenters. The Bertz CT molecular complexity index is 1130. The Kier molecular flexibility index (Phi) is 4.64. The summed E-state index contributed by atoms with van der Waals surface area (Å²) in [4.78, 5) is 25.8. The number of amides is 1. The van der Waals surface area contributed by atoms with Crippen molar-refractivity contribution in [2.75, 3.05) is 36.4 Å². The summed E-state index contributed by atoms with van der Waals surface area (Å²) in [6.45, 7) is 4.47. The number of nitrogens with one attached hydrogen (secondary N) is 1. The minimum Gasteiger partial charge on any atom is -0.422 e. The number of rotatable bonds is 3. The van der Waals surface area contributed by atoms with Crippen LogP contribution in [-0.2, 0) is 11.2 Å². The first-order valence-corrected chi connectivity index (χ1v) is 11.4. The quantitative estimate of drug-likeness (QED) is 0.698. The van der Waals surface area contributed by atoms with Crippen LogP contribution in [0.15, 0.2) is 34.9 Å². The summed E-state index contributed by atoms with van der Waals surface area (Å²) >= 11 is 0. The number of likely N-dealkylation sites (tertiary alicyclic amines) is 1. The van der Waals surface area contributed by atoms with E-state index in [1.165, 1.54) is 45.2 Å². The highest BCUT2D eigenvalue weighted by Crippen LogP contribution is 2.32. The number of fused-ring (bicyclic) bond motifs is 2. The van der Waals surface area contributed by atoms with Crippen molar-refractivity contribution in [2.24, 2.45) is 0 Å². The Morgan fingerprint density at radius 2 is 1.84 bits per heavy atom. The second-order valence-corrected chi connectivity index (χ2v) is 8.95. The number of oxazole rings is 1. The molecule has 3 aliphatic rings. The third-order valence-corrected chi connectivity index (χ3v) is 6.94. The van der Waals surface area contributed by atoms with Crippen LogP contribution in [0.25, 0.3) is 22.4 Å². The molecule has 3 aliphatic heterocycles. The van der Waals surface area contributed by atoms with Gasteiger partial charge in [-0.1, -0.05) is 12.5 Å². The number of nitrogens with zero attached hydrogens (tertiary/aromatic N) is 4. The van der Waals surface area contributed by atoms with E-state index in [4.69, 9.17) is 4.42 Å². The molecule has 1 N–H and O–H groups in total. The molecule has 0 unspecified atom stereocenters. The summed E-state index contributed by atoms with van der Waals surface area (Å²) < 4.78 is 6.13. The summed E-state index contributed by atoms with van der Waals surface area (Å²) in [5, 5.41) is 2.88. The molecule has 0 aliphatic carbocycles. The average Bonchev–Trinajstić information content (AvgIpc) is 3.41. The third-order valence-electron chi connectivity index (χ3n) is 6.94. The maximum Gasteiger partial charge on any atom is 0.299 e. The zero-order chi connectivity index (χ0) is 20.8. The molecule has 3 aromatic rings. The summed E-state index contributed by atoms with van der Waals surface area (Å²) in [5.41, 5.74) is 5.29. The molecule has 160 valence electrons. The first-order chi connectivity index (χ1) is 15.2. The number of carbonyl (C=O) groups is 1. The molecule has 5 heterocycles. The zero-order valence-corrected chi connectivity index (χ0v) is 17.6. The van der Waals surface area contributed by atoms with Gasteiger partial charge in [-0.3, -0.25) is 4.79 Å². The lowest BCUT2D eigenvalue weighted by atomic mass is 10.0. The summed E-state index contributed by atoms with van der Waals surface area (Å²) in [6, 6.07) is 9.41. The first kappa shape index (κ1) is 18.8. The van der Waals surface area contributed by atoms with Gasteiger partial charge < -0.3 is 19.5 Å². The molecular formula is C24H27N5O2. The molecule has 2 fully saturated rings. The van der Waals surface area contributed by atoms with Crippen LogP contribution in [0.1, 0.15) is 37.7 Å². The normalized spacial score (nSPS) is 20.3. The predicted octanol–water partition coefficient (Wildman–Crippen LogP) is 3.84. The Morgan fingerprint density at radius 1 is 1.00 bits per heavy atom. The van der Waals surface area contributed by atoms with E-state index in [0.717, 1.165) is 35.5 Å². The van der Waals surface area contributed by atoms with Crippen LogP contribution < -0.4 is 10.2 Å². The lowest BCUT2D eigenvalue weighted by molar-refractivity contribution is -0.115. The fourth-order valence-electron chi connectivity index (χ4n) is 5.22. The van der Waals surface area contributed by atoms with Crippen molar-refractivity contribution in [3.63, 3.8) is 0 Å². The van der Waals surface area contributed by atoms with Crippen LogP contribution in [0.5, 0.6) is 0 Å². The molecule has 0 spiro atoms. The SMILES string of the molecule is O=C1Cc2cc(-c3cnc4nc(N5CCC(N6CCCCC6)CC5)oc4c3)ccc2N1. The van der Waals surface area contributed by atoms with Crippen LogP contribution in [0.2, 0.25) is 0 Å². The van der Waals surface area contributed by atoms with Crippen molar-refractivity contribution in [1.82, 2.24) is 14.9 Å². The lowest BCUT2D eigenvalue weighted by Crippen LogP contribution is -2.46. The predicted molar refractivity (Wildman–Crippen MR) is 120 cm³/mol. The lowest BCUT2D eigenvalue weighted by Gasteiger charge is -2.39. The van der Waals surface area contributed by atoms with Gasteiger partial charge in [0.1, 0.15) is 0 Å². The van der Waals surface area contributed by atoms with Crippen LogP contribution in [0.4, 0.5) is 11.7 Å². The number of anilines is 2. The monoisotopic (exact) mass is 417 g/mol. The van der Waals surface area contributed by atoms with Gasteiger partial charge in [-0.25, -0.2) is 4.98 Å². The number of pyridine rings is 1. The third kappa shape index (κ3) is 3.57. The van der Waals surface area contributed by atoms with E-state index in [-0.39, 0.29) is 5.91 Å². The number of benzene rings is 1. The van der Waals surface area contributed by atoms with Crippen molar-refractivity contribution < 1.29 is 9.21 Å². The van der Waals surface area contributed by atoms with Crippen molar-refractivity contribution in [2.45, 2.75) is 44.6 Å². The van der Waals surface area contributed by atoms with Crippen molar-refractivity contribution in [1.29, 1.82) is 0 Å². The molecular weight excluding hydrogens is 390 g/mol.